The summed E-state index contributed by atoms with van der Waals surface area (Å²) in [6.07, 6.45) is -0.263. The summed E-state index contributed by atoms with van der Waals surface area (Å²) in [6, 6.07) is 0. The molecule has 3 unspecified atom stereocenters. The van der Waals surface area contributed by atoms with Gasteiger partial charge in [-0.25, -0.2) is 28.6 Å². The molecular weight excluding hydrogens is 880 g/mol. The fourth-order valence-corrected chi connectivity index (χ4v) is 9.24. The van der Waals surface area contributed by atoms with E-state index >= 15 is 0 Å². The van der Waals surface area contributed by atoms with Gasteiger partial charge in [-0.05, 0) is 6.42 Å². The van der Waals surface area contributed by atoms with Gasteiger partial charge in [-0.3, -0.25) is 32.5 Å². The number of anilines is 1. The standard InChI is InChI=1S/C32H56N7O17P3S/c1-5-6-7-8-9-10-11-20(2)31(44)60-15-14-34-22(40)12-13-35-29(43)26(42)32(3,4)17-53-59(50,51)56-58(48,49)52-16-21-25(55-57(45,46)47)24(41)30(54-21)39-19-38-23-27(33)36-18-37-28(23)39/h18-21,24-26,30,41-42H,5-17H2,1-4H3,(H,34,40)(H,35,43)(H,48,49)(H,50,51)(H2,33,36,37)(H2,45,46,47)/t20-,21+,24+,25+,26?,30+/m0/s1/i20+1D. The zero-order valence-corrected chi connectivity index (χ0v) is 37.0. The van der Waals surface area contributed by atoms with Gasteiger partial charge >= 0.3 is 23.5 Å². The van der Waals surface area contributed by atoms with Gasteiger partial charge in [0.05, 0.1) is 19.5 Å². The number of rotatable bonds is 27. The molecule has 1 saturated heterocycles. The molecule has 2 aromatic heterocycles. The van der Waals surface area contributed by atoms with Crippen LogP contribution in [0.25, 0.3) is 11.2 Å². The molecule has 0 radical (unpaired) electrons. The van der Waals surface area contributed by atoms with E-state index in [1.165, 1.54) is 20.3 Å². The molecule has 3 rings (SSSR count). The first kappa shape index (κ1) is 50.2. The Hall–Kier alpha value is -2.44. The Bertz CT molecular complexity index is 1940. The molecule has 24 nitrogen and oxygen atoms in total. The number of nitrogen functional groups attached to an aromatic ring is 1. The van der Waals surface area contributed by atoms with E-state index in [1.54, 1.807) is 6.92 Å². The molecule has 0 saturated carbocycles. The predicted octanol–water partition coefficient (Wildman–Crippen LogP) is 2.05. The number of aliphatic hydroxyl groups excluding tert-OH is 2. The largest absolute Gasteiger partial charge is 0.481 e. The van der Waals surface area contributed by atoms with Crippen molar-refractivity contribution in [1.82, 2.24) is 30.2 Å². The van der Waals surface area contributed by atoms with Crippen molar-refractivity contribution >= 4 is 69.1 Å². The number of nitrogens with zero attached hydrogens (tertiary/aromatic N) is 4. The van der Waals surface area contributed by atoms with Gasteiger partial charge in [0.25, 0.3) is 0 Å². The molecule has 1 aliphatic heterocycles. The quantitative estimate of drug-likeness (QED) is 0.0351. The van der Waals surface area contributed by atoms with E-state index in [-0.39, 0.29) is 47.4 Å². The Labute approximate surface area is 351 Å². The number of hydrogen-bond acceptors (Lipinski definition) is 18. The molecule has 2 aromatic rings. The van der Waals surface area contributed by atoms with E-state index in [9.17, 15) is 57.9 Å². The molecule has 1 aliphatic rings. The number of thioether (sulfide) groups is 1. The van der Waals surface area contributed by atoms with Crippen LogP contribution in [-0.2, 0) is 50.7 Å². The second-order valence-electron chi connectivity index (χ2n) is 14.5. The number of phosphoric ester groups is 3. The Morgan fingerprint density at radius 2 is 1.70 bits per heavy atom. The van der Waals surface area contributed by atoms with Crippen LogP contribution in [0.2, 0.25) is 0 Å². The summed E-state index contributed by atoms with van der Waals surface area (Å²) in [5, 5.41) is 26.2. The lowest BCUT2D eigenvalue weighted by Crippen LogP contribution is -2.46. The molecule has 8 atom stereocenters. The average Bonchev–Trinajstić information content (AvgIpc) is 3.72. The number of carbonyl (C=O) groups excluding carboxylic acids is 3. The normalized spacial score (nSPS) is 22.3. The Morgan fingerprint density at radius 3 is 2.38 bits per heavy atom. The second-order valence-corrected chi connectivity index (χ2v) is 19.8. The summed E-state index contributed by atoms with van der Waals surface area (Å²) >= 11 is 0.962. The molecular formula is C32H56N7O17P3S. The number of ether oxygens (including phenoxy) is 1. The third-order valence-electron chi connectivity index (χ3n) is 8.99. The van der Waals surface area contributed by atoms with Crippen molar-refractivity contribution in [2.24, 2.45) is 11.3 Å². The Balaban J connectivity index is 1.43. The smallest absolute Gasteiger partial charge is 0.386 e. The Kier molecular flexibility index (Phi) is 19.5. The maximum absolute atomic E-state index is 12.7. The van der Waals surface area contributed by atoms with Gasteiger partial charge in [0.15, 0.2) is 22.8 Å². The monoisotopic (exact) mass is 937 g/mol. The molecule has 0 spiro atoms. The number of amides is 2. The summed E-state index contributed by atoms with van der Waals surface area (Å²) < 4.78 is 70.6. The third kappa shape index (κ3) is 16.7. The van der Waals surface area contributed by atoms with E-state index in [4.69, 9.17) is 20.9 Å². The lowest BCUT2D eigenvalue weighted by molar-refractivity contribution is -0.137. The molecule has 0 aromatic carbocycles. The highest BCUT2D eigenvalue weighted by molar-refractivity contribution is 8.13. The number of carbonyl (C=O) groups is 3. The molecule has 342 valence electrons. The van der Waals surface area contributed by atoms with Gasteiger partial charge in [-0.2, -0.15) is 4.31 Å². The van der Waals surface area contributed by atoms with Crippen LogP contribution in [0.3, 0.4) is 0 Å². The first-order chi connectivity index (χ1) is 28.3. The summed E-state index contributed by atoms with van der Waals surface area (Å²) in [6.45, 7) is 4.10. The number of aliphatic hydroxyl groups is 2. The molecule has 2 amide bonds. The van der Waals surface area contributed by atoms with E-state index in [2.05, 4.69) is 41.3 Å². The van der Waals surface area contributed by atoms with Crippen molar-refractivity contribution in [3.8, 4) is 0 Å². The molecule has 3 heterocycles. The van der Waals surface area contributed by atoms with Gasteiger partial charge in [0.2, 0.25) is 11.8 Å². The summed E-state index contributed by atoms with van der Waals surface area (Å²) in [5.41, 5.74) is 4.25. The predicted molar refractivity (Wildman–Crippen MR) is 214 cm³/mol. The van der Waals surface area contributed by atoms with Crippen molar-refractivity contribution < 1.29 is 81.9 Å². The highest BCUT2D eigenvalue weighted by Gasteiger charge is 2.50. The van der Waals surface area contributed by atoms with Gasteiger partial charge < -0.3 is 50.9 Å². The second kappa shape index (κ2) is 23.3. The van der Waals surface area contributed by atoms with Crippen LogP contribution in [0.5, 0.6) is 0 Å². The van der Waals surface area contributed by atoms with Crippen LogP contribution in [-0.4, -0.2) is 123 Å². The topological polar surface area (TPSA) is 364 Å². The first-order valence-corrected chi connectivity index (χ1v) is 24.4. The maximum Gasteiger partial charge on any atom is 0.481 e. The zero-order valence-electron chi connectivity index (χ0n) is 34.5. The molecule has 10 N–H and O–H groups in total. The van der Waals surface area contributed by atoms with Gasteiger partial charge in [-0.15, -0.1) is 0 Å². The highest BCUT2D eigenvalue weighted by atomic mass is 32.2. The summed E-state index contributed by atoms with van der Waals surface area (Å²) in [5.74, 6) is -2.48. The molecule has 60 heavy (non-hydrogen) atoms. The van der Waals surface area contributed by atoms with Crippen molar-refractivity contribution in [3.63, 3.8) is 0 Å². The molecule has 0 bridgehead atoms. The first-order valence-electron chi connectivity index (χ1n) is 19.4. The fourth-order valence-electron chi connectivity index (χ4n) is 5.67. The van der Waals surface area contributed by atoms with Crippen LogP contribution in [0.4, 0.5) is 5.82 Å². The Morgan fingerprint density at radius 1 is 1.03 bits per heavy atom. The van der Waals surface area contributed by atoms with Crippen LogP contribution in [0, 0.1) is 11.3 Å². The van der Waals surface area contributed by atoms with Crippen LogP contribution in [0.1, 0.15) is 86.7 Å². The average molecular weight is 938 g/mol. The van der Waals surface area contributed by atoms with Crippen LogP contribution >= 0.6 is 35.2 Å². The van der Waals surface area contributed by atoms with Crippen molar-refractivity contribution in [1.29, 1.82) is 0 Å². The van der Waals surface area contributed by atoms with E-state index in [0.29, 0.717) is 6.42 Å². The number of aromatic nitrogens is 4. The zero-order chi connectivity index (χ0) is 45.8. The summed E-state index contributed by atoms with van der Waals surface area (Å²) in [7, 11) is -16.4. The number of unbranched alkanes of at least 4 members (excludes halogenated alkanes) is 5. The molecule has 0 aliphatic carbocycles. The minimum absolute atomic E-state index is 0.0279. The van der Waals surface area contributed by atoms with E-state index in [0.717, 1.165) is 61.1 Å². The number of nitrogens with one attached hydrogen (secondary N) is 2. The van der Waals surface area contributed by atoms with Crippen molar-refractivity contribution in [2.45, 2.75) is 110 Å². The molecule has 28 heteroatoms. The highest BCUT2D eigenvalue weighted by Crippen LogP contribution is 2.61. The van der Waals surface area contributed by atoms with E-state index < -0.39 is 90.4 Å². The number of phosphoric acid groups is 3. The van der Waals surface area contributed by atoms with Crippen LogP contribution < -0.4 is 16.4 Å². The number of imidazole rings is 1. The molecule has 1 fully saturated rings. The van der Waals surface area contributed by atoms with Gasteiger partial charge in [0.1, 0.15) is 36.3 Å². The van der Waals surface area contributed by atoms with E-state index in [1.807, 2.05) is 0 Å². The number of nitrogens with two attached hydrogens (primary N) is 1. The van der Waals surface area contributed by atoms with Crippen molar-refractivity contribution in [2.75, 3.05) is 37.8 Å². The van der Waals surface area contributed by atoms with Gasteiger partial charge in [-0.1, -0.05) is 78.0 Å². The van der Waals surface area contributed by atoms with Crippen LogP contribution in [0.15, 0.2) is 12.7 Å². The lowest BCUT2D eigenvalue weighted by atomic mass is 9.87. The van der Waals surface area contributed by atoms with Gasteiger partial charge in [0, 0.05) is 37.9 Å². The number of hydrogen-bond donors (Lipinski definition) is 9. The fraction of sp³-hybridized carbons (Fsp3) is 0.750. The third-order valence-corrected chi connectivity index (χ3v) is 13.1. The minimum atomic E-state index is -5.58. The minimum Gasteiger partial charge on any atom is -0.386 e. The maximum atomic E-state index is 12.7. The summed E-state index contributed by atoms with van der Waals surface area (Å²) in [4.78, 5) is 88.5. The number of fused-ring (bicyclic) bond motifs is 1. The lowest BCUT2D eigenvalue weighted by Gasteiger charge is -2.30. The van der Waals surface area contributed by atoms with Crippen molar-refractivity contribution in [3.05, 3.63) is 12.7 Å². The SMILES string of the molecule is [2H][13C@](C)(CCCCCCCC)C(=O)SCCNC(=O)CCNC(=O)C(O)C(C)(C)COP(=O)(O)OP(=O)(O)OC[C@H]1O[C@@H](n2cnc3c(N)ncnc32)[C@H](O)[C@@H]1OP(=O)(O)O.